The molecule has 1 aromatic carbocycles. The van der Waals surface area contributed by atoms with E-state index in [4.69, 9.17) is 9.84 Å². The average Bonchev–Trinajstić information content (AvgIpc) is 3.03. The molecule has 1 N–H and O–H groups in total. The molecular formula is C15H22N2O5S. The first-order valence-corrected chi connectivity index (χ1v) is 8.85. The minimum Gasteiger partial charge on any atom is -0.496 e. The van der Waals surface area contributed by atoms with Crippen LogP contribution < -0.4 is 4.74 Å². The minimum atomic E-state index is -3.78. The molecule has 0 spiro atoms. The summed E-state index contributed by atoms with van der Waals surface area (Å²) in [7, 11) is -0.733. The molecule has 1 aliphatic heterocycles. The van der Waals surface area contributed by atoms with Crippen LogP contribution >= 0.6 is 0 Å². The predicted molar refractivity (Wildman–Crippen MR) is 85.6 cm³/mol. The predicted octanol–water partition coefficient (Wildman–Crippen LogP) is 0.963. The van der Waals surface area contributed by atoms with Crippen molar-refractivity contribution in [3.63, 3.8) is 0 Å². The topological polar surface area (TPSA) is 87.2 Å². The van der Waals surface area contributed by atoms with Gasteiger partial charge in [0, 0.05) is 20.1 Å². The summed E-state index contributed by atoms with van der Waals surface area (Å²) in [5, 5.41) is 9.16. The first-order chi connectivity index (χ1) is 10.9. The van der Waals surface area contributed by atoms with Gasteiger partial charge in [0.2, 0.25) is 0 Å². The van der Waals surface area contributed by atoms with Crippen molar-refractivity contribution >= 4 is 16.2 Å². The maximum Gasteiger partial charge on any atom is 0.322 e. The fraction of sp³-hybridized carbons (Fsp3) is 0.533. The van der Waals surface area contributed by atoms with Crippen molar-refractivity contribution < 1.29 is 23.1 Å². The molecular weight excluding hydrogens is 320 g/mol. The highest BCUT2D eigenvalue weighted by molar-refractivity contribution is 7.86. The van der Waals surface area contributed by atoms with Crippen LogP contribution in [0.1, 0.15) is 18.4 Å². The lowest BCUT2D eigenvalue weighted by Gasteiger charge is -2.27. The van der Waals surface area contributed by atoms with Gasteiger partial charge in [-0.3, -0.25) is 4.79 Å². The van der Waals surface area contributed by atoms with Crippen molar-refractivity contribution in [2.24, 2.45) is 0 Å². The molecule has 1 atom stereocenters. The normalized spacial score (nSPS) is 19.2. The van der Waals surface area contributed by atoms with Crippen molar-refractivity contribution in [3.8, 4) is 5.75 Å². The molecule has 128 valence electrons. The van der Waals surface area contributed by atoms with E-state index in [2.05, 4.69) is 0 Å². The van der Waals surface area contributed by atoms with E-state index in [1.807, 2.05) is 24.3 Å². The Bertz CT molecular complexity index is 662. The van der Waals surface area contributed by atoms with Crippen LogP contribution in [0.25, 0.3) is 0 Å². The highest BCUT2D eigenvalue weighted by Gasteiger charge is 2.40. The number of benzene rings is 1. The molecule has 0 bridgehead atoms. The first kappa shape index (κ1) is 17.7. The van der Waals surface area contributed by atoms with Crippen LogP contribution in [-0.4, -0.2) is 61.4 Å². The lowest BCUT2D eigenvalue weighted by atomic mass is 10.1. The van der Waals surface area contributed by atoms with Crippen LogP contribution in [-0.2, 0) is 21.4 Å². The maximum atomic E-state index is 12.6. The molecule has 1 heterocycles. The molecule has 2 rings (SSSR count). The van der Waals surface area contributed by atoms with Gasteiger partial charge in [-0.15, -0.1) is 0 Å². The number of carboxylic acid groups (broad SMARTS) is 1. The maximum absolute atomic E-state index is 12.6. The molecule has 1 aromatic rings. The Balaban J connectivity index is 2.07. The fourth-order valence-electron chi connectivity index (χ4n) is 2.74. The molecule has 8 heteroatoms. The second-order valence-electron chi connectivity index (χ2n) is 5.50. The van der Waals surface area contributed by atoms with Crippen LogP contribution in [0.4, 0.5) is 0 Å². The number of hydrogen-bond donors (Lipinski definition) is 1. The van der Waals surface area contributed by atoms with Gasteiger partial charge in [-0.1, -0.05) is 18.2 Å². The van der Waals surface area contributed by atoms with Gasteiger partial charge in [-0.25, -0.2) is 0 Å². The van der Waals surface area contributed by atoms with Gasteiger partial charge in [0.1, 0.15) is 11.8 Å². The molecule has 1 saturated heterocycles. The van der Waals surface area contributed by atoms with E-state index in [0.717, 1.165) is 9.87 Å². The standard InChI is InChI=1S/C15H22N2O5S/c1-16(11-9-12-6-3-4-8-14(12)22-2)23(20,21)17-10-5-7-13(17)15(18)19/h3-4,6,8,13H,5,7,9-11H2,1-2H3,(H,18,19). The van der Waals surface area contributed by atoms with Crippen LogP contribution in [0.2, 0.25) is 0 Å². The largest absolute Gasteiger partial charge is 0.496 e. The van der Waals surface area contributed by atoms with Gasteiger partial charge >= 0.3 is 5.97 Å². The lowest BCUT2D eigenvalue weighted by Crippen LogP contribution is -2.47. The Kier molecular flexibility index (Phi) is 5.61. The summed E-state index contributed by atoms with van der Waals surface area (Å²) in [6.07, 6.45) is 1.41. The highest BCUT2D eigenvalue weighted by Crippen LogP contribution is 2.24. The number of hydrogen-bond acceptors (Lipinski definition) is 4. The highest BCUT2D eigenvalue weighted by atomic mass is 32.2. The number of methoxy groups -OCH3 is 1. The van der Waals surface area contributed by atoms with Crippen molar-refractivity contribution in [2.75, 3.05) is 27.2 Å². The summed E-state index contributed by atoms with van der Waals surface area (Å²) in [6, 6.07) is 6.46. The Morgan fingerprint density at radius 3 is 2.78 bits per heavy atom. The third-order valence-electron chi connectivity index (χ3n) is 4.07. The summed E-state index contributed by atoms with van der Waals surface area (Å²) < 4.78 is 32.7. The summed E-state index contributed by atoms with van der Waals surface area (Å²) in [6.45, 7) is 0.504. The zero-order valence-electron chi connectivity index (χ0n) is 13.3. The number of rotatable bonds is 7. The third kappa shape index (κ3) is 3.82. The van der Waals surface area contributed by atoms with Gasteiger partial charge in [0.25, 0.3) is 10.2 Å². The van der Waals surface area contributed by atoms with E-state index in [1.165, 1.54) is 11.4 Å². The molecule has 0 amide bonds. The van der Waals surface area contributed by atoms with Crippen LogP contribution in [0.5, 0.6) is 5.75 Å². The first-order valence-electron chi connectivity index (χ1n) is 7.45. The molecule has 0 saturated carbocycles. The summed E-state index contributed by atoms with van der Waals surface area (Å²) in [4.78, 5) is 11.2. The van der Waals surface area contributed by atoms with Gasteiger partial charge in [0.05, 0.1) is 7.11 Å². The van der Waals surface area contributed by atoms with Crippen LogP contribution in [0, 0.1) is 0 Å². The van der Waals surface area contributed by atoms with E-state index in [-0.39, 0.29) is 13.1 Å². The van der Waals surface area contributed by atoms with Gasteiger partial charge in [0.15, 0.2) is 0 Å². The third-order valence-corrected chi connectivity index (χ3v) is 6.07. The Hall–Kier alpha value is -1.64. The monoisotopic (exact) mass is 342 g/mol. The zero-order chi connectivity index (χ0) is 17.0. The summed E-state index contributed by atoms with van der Waals surface area (Å²) in [5.74, 6) is -0.382. The summed E-state index contributed by atoms with van der Waals surface area (Å²) in [5.41, 5.74) is 0.910. The number of ether oxygens (including phenoxy) is 1. The number of carbonyl (C=O) groups is 1. The van der Waals surface area contributed by atoms with E-state index in [9.17, 15) is 13.2 Å². The molecule has 7 nitrogen and oxygen atoms in total. The average molecular weight is 342 g/mol. The van der Waals surface area contributed by atoms with Crippen molar-refractivity contribution in [1.82, 2.24) is 8.61 Å². The van der Waals surface area contributed by atoms with E-state index in [1.54, 1.807) is 7.11 Å². The van der Waals surface area contributed by atoms with E-state index >= 15 is 0 Å². The SMILES string of the molecule is COc1ccccc1CCN(C)S(=O)(=O)N1CCCC1C(=O)O. The quantitative estimate of drug-likeness (QED) is 0.798. The molecule has 1 fully saturated rings. The van der Waals surface area contributed by atoms with Crippen molar-refractivity contribution in [2.45, 2.75) is 25.3 Å². The van der Waals surface area contributed by atoms with Gasteiger partial charge in [-0.2, -0.15) is 17.0 Å². The van der Waals surface area contributed by atoms with Crippen molar-refractivity contribution in [3.05, 3.63) is 29.8 Å². The number of carboxylic acids is 1. The molecule has 0 aliphatic carbocycles. The molecule has 23 heavy (non-hydrogen) atoms. The van der Waals surface area contributed by atoms with Gasteiger partial charge in [-0.05, 0) is 30.9 Å². The van der Waals surface area contributed by atoms with Crippen LogP contribution in [0.15, 0.2) is 24.3 Å². The number of aliphatic carboxylic acids is 1. The fourth-order valence-corrected chi connectivity index (χ4v) is 4.30. The van der Waals surface area contributed by atoms with E-state index < -0.39 is 22.2 Å². The zero-order valence-corrected chi connectivity index (χ0v) is 14.1. The molecule has 0 radical (unpaired) electrons. The number of nitrogens with zero attached hydrogens (tertiary/aromatic N) is 2. The molecule has 1 unspecified atom stereocenters. The Labute approximate surface area is 136 Å². The summed E-state index contributed by atoms with van der Waals surface area (Å²) >= 11 is 0. The van der Waals surface area contributed by atoms with Crippen molar-refractivity contribution in [1.29, 1.82) is 0 Å². The number of para-hydroxylation sites is 1. The molecule has 1 aliphatic rings. The smallest absolute Gasteiger partial charge is 0.322 e. The van der Waals surface area contributed by atoms with E-state index in [0.29, 0.717) is 25.0 Å². The lowest BCUT2D eigenvalue weighted by molar-refractivity contribution is -0.140. The second kappa shape index (κ2) is 7.29. The molecule has 0 aromatic heterocycles. The number of likely N-dealkylation sites (N-methyl/N-ethyl adjacent to an activating group) is 1. The minimum absolute atomic E-state index is 0.248. The Morgan fingerprint density at radius 1 is 1.43 bits per heavy atom. The van der Waals surface area contributed by atoms with Gasteiger partial charge < -0.3 is 9.84 Å². The van der Waals surface area contributed by atoms with Crippen LogP contribution in [0.3, 0.4) is 0 Å². The Morgan fingerprint density at radius 2 is 2.13 bits per heavy atom. The second-order valence-corrected chi connectivity index (χ2v) is 7.49.